The minimum atomic E-state index is 0.0325. The number of nitrogens with one attached hydrogen (secondary N) is 3. The van der Waals surface area contributed by atoms with Crippen molar-refractivity contribution in [3.63, 3.8) is 0 Å². The van der Waals surface area contributed by atoms with E-state index in [-0.39, 0.29) is 11.9 Å². The van der Waals surface area contributed by atoms with Crippen LogP contribution in [-0.4, -0.2) is 37.1 Å². The Morgan fingerprint density at radius 2 is 2.19 bits per heavy atom. The monoisotopic (exact) mass is 225 g/mol. The summed E-state index contributed by atoms with van der Waals surface area (Å²) in [5.41, 5.74) is 0. The molecule has 2 rings (SSSR count). The Balaban J connectivity index is 1.72. The van der Waals surface area contributed by atoms with Gasteiger partial charge in [0.1, 0.15) is 0 Å². The average molecular weight is 225 g/mol. The first-order chi connectivity index (χ1) is 7.75. The van der Waals surface area contributed by atoms with E-state index >= 15 is 0 Å². The molecule has 0 bridgehead atoms. The normalized spacial score (nSPS) is 32.4. The zero-order valence-corrected chi connectivity index (χ0v) is 10.1. The van der Waals surface area contributed by atoms with Crippen LogP contribution in [0.25, 0.3) is 0 Å². The van der Waals surface area contributed by atoms with Crippen molar-refractivity contribution in [2.24, 2.45) is 0 Å². The lowest BCUT2D eigenvalue weighted by molar-refractivity contribution is -0.124. The number of carbonyl (C=O) groups excluding carboxylic acids is 1. The van der Waals surface area contributed by atoms with Gasteiger partial charge in [0.15, 0.2) is 0 Å². The van der Waals surface area contributed by atoms with Gasteiger partial charge in [0.05, 0.1) is 6.04 Å². The summed E-state index contributed by atoms with van der Waals surface area (Å²) in [5.74, 6) is 0.178. The maximum atomic E-state index is 11.6. The molecule has 0 aromatic heterocycles. The van der Waals surface area contributed by atoms with E-state index < -0.39 is 0 Å². The molecule has 3 N–H and O–H groups in total. The molecular weight excluding hydrogens is 202 g/mol. The SMILES string of the molecule is CC(CC1CCCN1)NC1CCCNC1=O. The molecule has 16 heavy (non-hydrogen) atoms. The third-order valence-electron chi connectivity index (χ3n) is 3.57. The topological polar surface area (TPSA) is 53.2 Å². The predicted molar refractivity (Wildman–Crippen MR) is 64.3 cm³/mol. The maximum absolute atomic E-state index is 11.6. The molecular formula is C12H23N3O. The van der Waals surface area contributed by atoms with Gasteiger partial charge in [-0.25, -0.2) is 0 Å². The van der Waals surface area contributed by atoms with Crippen molar-refractivity contribution in [2.45, 2.75) is 57.2 Å². The van der Waals surface area contributed by atoms with E-state index in [1.807, 2.05) is 0 Å². The van der Waals surface area contributed by atoms with E-state index in [4.69, 9.17) is 0 Å². The second-order valence-corrected chi connectivity index (χ2v) is 5.08. The first-order valence-electron chi connectivity index (χ1n) is 6.53. The molecule has 0 radical (unpaired) electrons. The van der Waals surface area contributed by atoms with Gasteiger partial charge in [0.2, 0.25) is 5.91 Å². The van der Waals surface area contributed by atoms with Crippen molar-refractivity contribution >= 4 is 5.91 Å². The van der Waals surface area contributed by atoms with E-state index in [1.54, 1.807) is 0 Å². The summed E-state index contributed by atoms with van der Waals surface area (Å²) >= 11 is 0. The van der Waals surface area contributed by atoms with Crippen LogP contribution < -0.4 is 16.0 Å². The lowest BCUT2D eigenvalue weighted by Gasteiger charge is -2.27. The van der Waals surface area contributed by atoms with E-state index in [2.05, 4.69) is 22.9 Å². The van der Waals surface area contributed by atoms with Crippen molar-refractivity contribution < 1.29 is 4.79 Å². The molecule has 3 atom stereocenters. The molecule has 0 aromatic rings. The molecule has 0 aliphatic carbocycles. The molecule has 0 saturated carbocycles. The summed E-state index contributed by atoms with van der Waals surface area (Å²) in [5, 5.41) is 9.85. The number of carbonyl (C=O) groups is 1. The molecule has 0 spiro atoms. The van der Waals surface area contributed by atoms with Gasteiger partial charge in [0.25, 0.3) is 0 Å². The highest BCUT2D eigenvalue weighted by molar-refractivity contribution is 5.82. The van der Waals surface area contributed by atoms with Crippen LogP contribution in [-0.2, 0) is 4.79 Å². The van der Waals surface area contributed by atoms with Gasteiger partial charge in [-0.1, -0.05) is 0 Å². The Morgan fingerprint density at radius 3 is 2.88 bits per heavy atom. The average Bonchev–Trinajstić information content (AvgIpc) is 2.74. The number of hydrogen-bond donors (Lipinski definition) is 3. The maximum Gasteiger partial charge on any atom is 0.237 e. The van der Waals surface area contributed by atoms with Crippen molar-refractivity contribution in [1.29, 1.82) is 0 Å². The van der Waals surface area contributed by atoms with Crippen molar-refractivity contribution in [1.82, 2.24) is 16.0 Å². The van der Waals surface area contributed by atoms with E-state index in [0.29, 0.717) is 12.1 Å². The van der Waals surface area contributed by atoms with Gasteiger partial charge in [-0.3, -0.25) is 4.79 Å². The summed E-state index contributed by atoms with van der Waals surface area (Å²) in [4.78, 5) is 11.6. The van der Waals surface area contributed by atoms with Crippen LogP contribution in [0, 0.1) is 0 Å². The van der Waals surface area contributed by atoms with Crippen LogP contribution in [0.5, 0.6) is 0 Å². The zero-order valence-electron chi connectivity index (χ0n) is 10.1. The molecule has 3 unspecified atom stereocenters. The van der Waals surface area contributed by atoms with Crippen molar-refractivity contribution in [3.8, 4) is 0 Å². The standard InChI is InChI=1S/C12H23N3O/c1-9(8-10-4-2-6-13-10)15-11-5-3-7-14-12(11)16/h9-11,13,15H,2-8H2,1H3,(H,14,16). The smallest absolute Gasteiger partial charge is 0.237 e. The molecule has 2 saturated heterocycles. The fourth-order valence-corrected chi connectivity index (χ4v) is 2.73. The summed E-state index contributed by atoms with van der Waals surface area (Å²) < 4.78 is 0. The molecule has 0 aromatic carbocycles. The largest absolute Gasteiger partial charge is 0.355 e. The second-order valence-electron chi connectivity index (χ2n) is 5.08. The highest BCUT2D eigenvalue weighted by Crippen LogP contribution is 2.12. The van der Waals surface area contributed by atoms with Crippen LogP contribution in [0.4, 0.5) is 0 Å². The Morgan fingerprint density at radius 1 is 1.38 bits per heavy atom. The molecule has 2 heterocycles. The summed E-state index contributed by atoms with van der Waals surface area (Å²) in [6.07, 6.45) is 5.78. The molecule has 2 aliphatic rings. The molecule has 2 fully saturated rings. The Hall–Kier alpha value is -0.610. The van der Waals surface area contributed by atoms with Crippen LogP contribution in [0.3, 0.4) is 0 Å². The predicted octanol–water partition coefficient (Wildman–Crippen LogP) is 0.385. The summed E-state index contributed by atoms with van der Waals surface area (Å²) in [6, 6.07) is 1.10. The second kappa shape index (κ2) is 5.64. The zero-order chi connectivity index (χ0) is 11.4. The number of piperidine rings is 1. The first kappa shape index (κ1) is 11.9. The van der Waals surface area contributed by atoms with E-state index in [1.165, 1.54) is 12.8 Å². The summed E-state index contributed by atoms with van der Waals surface area (Å²) in [7, 11) is 0. The fraction of sp³-hybridized carbons (Fsp3) is 0.917. The number of hydrogen-bond acceptors (Lipinski definition) is 3. The van der Waals surface area contributed by atoms with E-state index in [9.17, 15) is 4.79 Å². The lowest BCUT2D eigenvalue weighted by atomic mass is 10.0. The Kier molecular flexibility index (Phi) is 4.18. The Bertz CT molecular complexity index is 238. The van der Waals surface area contributed by atoms with Gasteiger partial charge < -0.3 is 16.0 Å². The van der Waals surface area contributed by atoms with Crippen LogP contribution in [0.1, 0.15) is 39.0 Å². The summed E-state index contributed by atoms with van der Waals surface area (Å²) in [6.45, 7) is 4.18. The van der Waals surface area contributed by atoms with Crippen molar-refractivity contribution in [3.05, 3.63) is 0 Å². The number of amides is 1. The van der Waals surface area contributed by atoms with Gasteiger partial charge in [-0.15, -0.1) is 0 Å². The van der Waals surface area contributed by atoms with Gasteiger partial charge in [-0.05, 0) is 45.6 Å². The number of rotatable bonds is 4. The van der Waals surface area contributed by atoms with Gasteiger partial charge >= 0.3 is 0 Å². The molecule has 92 valence electrons. The minimum Gasteiger partial charge on any atom is -0.355 e. The lowest BCUT2D eigenvalue weighted by Crippen LogP contribution is -2.51. The van der Waals surface area contributed by atoms with Crippen LogP contribution in [0.2, 0.25) is 0 Å². The third kappa shape index (κ3) is 3.19. The minimum absolute atomic E-state index is 0.0325. The quantitative estimate of drug-likeness (QED) is 0.648. The molecule has 4 heteroatoms. The highest BCUT2D eigenvalue weighted by Gasteiger charge is 2.24. The Labute approximate surface area is 97.6 Å². The third-order valence-corrected chi connectivity index (χ3v) is 3.57. The van der Waals surface area contributed by atoms with Gasteiger partial charge in [0, 0.05) is 18.6 Å². The molecule has 2 aliphatic heterocycles. The first-order valence-corrected chi connectivity index (χ1v) is 6.53. The van der Waals surface area contributed by atoms with Gasteiger partial charge in [-0.2, -0.15) is 0 Å². The van der Waals surface area contributed by atoms with Crippen LogP contribution in [0.15, 0.2) is 0 Å². The fourth-order valence-electron chi connectivity index (χ4n) is 2.73. The molecule has 4 nitrogen and oxygen atoms in total. The van der Waals surface area contributed by atoms with Crippen molar-refractivity contribution in [2.75, 3.05) is 13.1 Å². The van der Waals surface area contributed by atoms with E-state index in [0.717, 1.165) is 32.4 Å². The molecule has 1 amide bonds. The van der Waals surface area contributed by atoms with Crippen LogP contribution >= 0.6 is 0 Å². The highest BCUT2D eigenvalue weighted by atomic mass is 16.2.